The highest BCUT2D eigenvalue weighted by molar-refractivity contribution is 7.52. The summed E-state index contributed by atoms with van der Waals surface area (Å²) in [6, 6.07) is 5.96. The van der Waals surface area contributed by atoms with Crippen LogP contribution in [0, 0.1) is 5.82 Å². The van der Waals surface area contributed by atoms with Crippen LogP contribution < -0.4 is 20.9 Å². The Morgan fingerprint density at radius 3 is 2.71 bits per heavy atom. The summed E-state index contributed by atoms with van der Waals surface area (Å²) in [5, 5.41) is 6.48. The summed E-state index contributed by atoms with van der Waals surface area (Å²) in [5.41, 5.74) is 5.39. The molecule has 0 aliphatic carbocycles. The minimum absolute atomic E-state index is 0.0714. The van der Waals surface area contributed by atoms with Crippen molar-refractivity contribution in [1.29, 1.82) is 0 Å². The van der Waals surface area contributed by atoms with Crippen LogP contribution in [-0.4, -0.2) is 53.2 Å². The van der Waals surface area contributed by atoms with Crippen molar-refractivity contribution in [2.75, 3.05) is 19.7 Å². The smallest absolute Gasteiger partial charge is 0.429 e. The van der Waals surface area contributed by atoms with E-state index in [9.17, 15) is 23.3 Å². The van der Waals surface area contributed by atoms with Crippen LogP contribution in [0.3, 0.4) is 0 Å². The van der Waals surface area contributed by atoms with E-state index in [0.717, 1.165) is 4.57 Å². The van der Waals surface area contributed by atoms with Gasteiger partial charge in [0.15, 0.2) is 0 Å². The van der Waals surface area contributed by atoms with Crippen molar-refractivity contribution in [2.45, 2.75) is 57.6 Å². The Hall–Kier alpha value is -3.39. The Balaban J connectivity index is 1.81. The van der Waals surface area contributed by atoms with Crippen LogP contribution in [0.5, 0.6) is 5.75 Å². The summed E-state index contributed by atoms with van der Waals surface area (Å²) in [6.07, 6.45) is -3.68. The van der Waals surface area contributed by atoms with Crippen molar-refractivity contribution in [3.63, 3.8) is 0 Å². The maximum absolute atomic E-state index is 13.9. The second kappa shape index (κ2) is 14.0. The summed E-state index contributed by atoms with van der Waals surface area (Å²) in [4.78, 5) is 40.7. The molecule has 224 valence electrons. The van der Waals surface area contributed by atoms with Crippen LogP contribution in [0.1, 0.15) is 39.8 Å². The zero-order valence-corrected chi connectivity index (χ0v) is 24.0. The molecule has 0 radical (unpaired) electrons. The van der Waals surface area contributed by atoms with Crippen LogP contribution >= 0.6 is 19.3 Å². The molecule has 4 atom stereocenters. The Bertz CT molecular complexity index is 1420. The number of H-pyrrole nitrogens is 1. The minimum atomic E-state index is -4.12. The van der Waals surface area contributed by atoms with Crippen molar-refractivity contribution in [3.05, 3.63) is 72.6 Å². The quantitative estimate of drug-likeness (QED) is 0.0857. The Kier molecular flexibility index (Phi) is 11.0. The highest BCUT2D eigenvalue weighted by atomic mass is 35.5. The lowest BCUT2D eigenvalue weighted by Crippen LogP contribution is -2.34. The molecule has 2 N–H and O–H groups in total. The van der Waals surface area contributed by atoms with E-state index in [1.165, 1.54) is 24.3 Å². The number of nitrogens with one attached hydrogen (secondary N) is 2. The van der Waals surface area contributed by atoms with E-state index in [1.807, 2.05) is 4.98 Å². The topological polar surface area (TPSA) is 196 Å². The highest BCUT2D eigenvalue weighted by Gasteiger charge is 2.42. The van der Waals surface area contributed by atoms with Crippen LogP contribution in [0.25, 0.3) is 10.4 Å². The third kappa shape index (κ3) is 9.88. The number of hydrogen-bond acceptors (Lipinski definition) is 10. The maximum Gasteiger partial charge on any atom is 0.509 e. The molecule has 3 rings (SSSR count). The number of aromatic amines is 1. The van der Waals surface area contributed by atoms with Crippen molar-refractivity contribution >= 4 is 25.5 Å². The van der Waals surface area contributed by atoms with Gasteiger partial charge in [-0.1, -0.05) is 16.7 Å². The predicted molar refractivity (Wildman–Crippen MR) is 143 cm³/mol. The first-order valence-corrected chi connectivity index (χ1v) is 14.2. The first kappa shape index (κ1) is 32.1. The molecule has 41 heavy (non-hydrogen) atoms. The molecule has 1 aromatic carbocycles. The SMILES string of the molecule is CC(C)(C)OC(=O)O[C@H]1C[C@H](n2cc(F)c(=O)[nH]c2=O)O[C@@H]1COP(=O)(NCCCN=[N+]=[N-])Oc1ccc(Cl)cc1. The van der Waals surface area contributed by atoms with Gasteiger partial charge in [0.1, 0.15) is 29.8 Å². The van der Waals surface area contributed by atoms with Gasteiger partial charge in [-0.05, 0) is 57.0 Å². The van der Waals surface area contributed by atoms with Gasteiger partial charge >= 0.3 is 19.6 Å². The molecule has 1 unspecified atom stereocenters. The highest BCUT2D eigenvalue weighted by Crippen LogP contribution is 2.45. The fourth-order valence-electron chi connectivity index (χ4n) is 3.54. The van der Waals surface area contributed by atoms with E-state index in [-0.39, 0.29) is 25.3 Å². The second-order valence-corrected chi connectivity index (χ2v) is 11.9. The zero-order chi connectivity index (χ0) is 30.2. The Morgan fingerprint density at radius 1 is 1.34 bits per heavy atom. The average molecular weight is 619 g/mol. The molecule has 1 saturated heterocycles. The summed E-state index contributed by atoms with van der Waals surface area (Å²) in [5.74, 6) is -1.08. The maximum atomic E-state index is 13.9. The number of hydrogen-bond donors (Lipinski definition) is 2. The van der Waals surface area contributed by atoms with Gasteiger partial charge in [0.2, 0.25) is 5.82 Å². The van der Waals surface area contributed by atoms with E-state index < -0.39 is 61.6 Å². The molecule has 0 bridgehead atoms. The van der Waals surface area contributed by atoms with Crippen LogP contribution in [0.4, 0.5) is 9.18 Å². The molecular weight excluding hydrogens is 590 g/mol. The van der Waals surface area contributed by atoms with Crippen LogP contribution in [-0.2, 0) is 23.3 Å². The molecule has 1 fully saturated rings. The number of carbonyl (C=O) groups excluding carboxylic acids is 1. The molecule has 0 spiro atoms. The molecule has 0 amide bonds. The number of nitrogens with zero attached hydrogens (tertiary/aromatic N) is 4. The van der Waals surface area contributed by atoms with Crippen molar-refractivity contribution in [3.8, 4) is 5.75 Å². The first-order valence-electron chi connectivity index (χ1n) is 12.3. The standard InChI is InChI=1S/C23H29ClFN6O9P/c1-23(2,3)39-22(34)38-17-11-19(31-12-16(25)20(32)29-21(31)33)37-18(17)13-36-41(35,28-10-4-9-27-30-26)40-15-7-5-14(24)6-8-15/h5-8,12,17-19H,4,9-11,13H2,1-3H3,(H,28,35)(H,29,32,33)/t17-,18+,19+,41?/m0/s1. The summed E-state index contributed by atoms with van der Waals surface area (Å²) in [6.45, 7) is 4.59. The van der Waals surface area contributed by atoms with Gasteiger partial charge in [0.25, 0.3) is 5.56 Å². The van der Waals surface area contributed by atoms with E-state index in [4.69, 9.17) is 40.4 Å². The van der Waals surface area contributed by atoms with Gasteiger partial charge < -0.3 is 18.7 Å². The minimum Gasteiger partial charge on any atom is -0.429 e. The average Bonchev–Trinajstić information content (AvgIpc) is 3.27. The summed E-state index contributed by atoms with van der Waals surface area (Å²) in [7, 11) is -4.12. The van der Waals surface area contributed by atoms with Crippen molar-refractivity contribution in [1.82, 2.24) is 14.6 Å². The van der Waals surface area contributed by atoms with E-state index in [2.05, 4.69) is 15.1 Å². The molecule has 1 aliphatic rings. The monoisotopic (exact) mass is 618 g/mol. The number of ether oxygens (including phenoxy) is 3. The molecule has 2 heterocycles. The van der Waals surface area contributed by atoms with Gasteiger partial charge in [0.05, 0.1) is 12.8 Å². The molecule has 15 nitrogen and oxygen atoms in total. The van der Waals surface area contributed by atoms with Gasteiger partial charge in [-0.3, -0.25) is 18.9 Å². The molecular formula is C23H29ClFN6O9P. The lowest BCUT2D eigenvalue weighted by molar-refractivity contribution is -0.0666. The molecule has 18 heteroatoms. The lowest BCUT2D eigenvalue weighted by Gasteiger charge is -2.25. The van der Waals surface area contributed by atoms with Crippen molar-refractivity contribution in [2.24, 2.45) is 5.11 Å². The van der Waals surface area contributed by atoms with Crippen LogP contribution in [0.15, 0.2) is 45.2 Å². The molecule has 1 aromatic heterocycles. The number of halogens is 2. The van der Waals surface area contributed by atoms with Crippen molar-refractivity contribution < 1.29 is 37.0 Å². The number of benzene rings is 1. The normalized spacial score (nSPS) is 20.1. The van der Waals surface area contributed by atoms with Gasteiger partial charge in [-0.2, -0.15) is 4.39 Å². The fraction of sp³-hybridized carbons (Fsp3) is 0.522. The fourth-order valence-corrected chi connectivity index (χ4v) is 5.05. The third-order valence-electron chi connectivity index (χ3n) is 5.30. The lowest BCUT2D eigenvalue weighted by atomic mass is 10.2. The molecule has 1 aliphatic heterocycles. The number of rotatable bonds is 12. The first-order chi connectivity index (χ1) is 19.3. The summed E-state index contributed by atoms with van der Waals surface area (Å²) >= 11 is 5.91. The zero-order valence-electron chi connectivity index (χ0n) is 22.3. The van der Waals surface area contributed by atoms with Gasteiger partial charge in [0, 0.05) is 29.4 Å². The van der Waals surface area contributed by atoms with Crippen LogP contribution in [0.2, 0.25) is 5.02 Å². The van der Waals surface area contributed by atoms with Gasteiger partial charge in [-0.15, -0.1) is 0 Å². The number of azide groups is 1. The molecule has 2 aromatic rings. The molecule has 0 saturated carbocycles. The van der Waals surface area contributed by atoms with E-state index in [1.54, 1.807) is 20.8 Å². The number of carbonyl (C=O) groups is 1. The number of aromatic nitrogens is 2. The van der Waals surface area contributed by atoms with E-state index in [0.29, 0.717) is 17.6 Å². The summed E-state index contributed by atoms with van der Waals surface area (Å²) < 4.78 is 56.0. The largest absolute Gasteiger partial charge is 0.509 e. The van der Waals surface area contributed by atoms with Gasteiger partial charge in [-0.25, -0.2) is 19.2 Å². The second-order valence-electron chi connectivity index (χ2n) is 9.68. The Labute approximate surface area is 238 Å². The predicted octanol–water partition coefficient (Wildman–Crippen LogP) is 4.43. The Morgan fingerprint density at radius 2 is 2.05 bits per heavy atom. The third-order valence-corrected chi connectivity index (χ3v) is 7.11. The van der Waals surface area contributed by atoms with E-state index >= 15 is 0 Å².